The van der Waals surface area contributed by atoms with Crippen LogP contribution in [0.4, 0.5) is 5.69 Å². The zero-order valence-electron chi connectivity index (χ0n) is 16.9. The van der Waals surface area contributed by atoms with Gasteiger partial charge in [-0.3, -0.25) is 14.4 Å². The van der Waals surface area contributed by atoms with Crippen LogP contribution < -0.4 is 5.32 Å². The number of carbonyl (C=O) groups is 1. The Labute approximate surface area is 166 Å². The summed E-state index contributed by atoms with van der Waals surface area (Å²) in [5.41, 5.74) is 4.80. The Morgan fingerprint density at radius 3 is 2.71 bits per heavy atom. The van der Waals surface area contributed by atoms with Gasteiger partial charge in [0.15, 0.2) is 9.84 Å². The summed E-state index contributed by atoms with van der Waals surface area (Å²) in [6.07, 6.45) is 0.610. The van der Waals surface area contributed by atoms with Gasteiger partial charge < -0.3 is 5.32 Å². The first kappa shape index (κ1) is 20.5. The van der Waals surface area contributed by atoms with E-state index in [1.165, 1.54) is 0 Å². The molecule has 28 heavy (non-hydrogen) atoms. The van der Waals surface area contributed by atoms with Crippen LogP contribution in [0.15, 0.2) is 24.3 Å². The molecular weight excluding hydrogens is 376 g/mol. The summed E-state index contributed by atoms with van der Waals surface area (Å²) in [7, 11) is -1.07. The summed E-state index contributed by atoms with van der Waals surface area (Å²) in [4.78, 5) is 14.3. The average Bonchev–Trinajstić information content (AvgIpc) is 3.08. The van der Waals surface area contributed by atoms with Crippen LogP contribution in [0.3, 0.4) is 0 Å². The molecule has 0 saturated carbocycles. The highest BCUT2D eigenvalue weighted by Crippen LogP contribution is 2.27. The van der Waals surface area contributed by atoms with Gasteiger partial charge in [-0.05, 0) is 51.9 Å². The van der Waals surface area contributed by atoms with Crippen molar-refractivity contribution in [1.82, 2.24) is 14.7 Å². The Morgan fingerprint density at radius 1 is 1.32 bits per heavy atom. The van der Waals surface area contributed by atoms with Gasteiger partial charge in [-0.25, -0.2) is 8.42 Å². The fourth-order valence-electron chi connectivity index (χ4n) is 3.74. The number of rotatable bonds is 6. The van der Waals surface area contributed by atoms with Crippen LogP contribution in [0.2, 0.25) is 0 Å². The first-order chi connectivity index (χ1) is 13.1. The molecule has 1 aromatic carbocycles. The van der Waals surface area contributed by atoms with Crippen LogP contribution in [0, 0.1) is 20.8 Å². The number of hydrogen-bond donors (Lipinski definition) is 1. The van der Waals surface area contributed by atoms with Crippen LogP contribution in [0.1, 0.15) is 35.0 Å². The number of nitrogens with one attached hydrogen (secondary N) is 1. The molecule has 1 aliphatic rings. The molecule has 0 bridgehead atoms. The Hall–Kier alpha value is -2.19. The van der Waals surface area contributed by atoms with E-state index in [0.29, 0.717) is 13.0 Å². The number of likely N-dealkylation sites (N-methyl/N-ethyl adjacent to an activating group) is 1. The van der Waals surface area contributed by atoms with Crippen molar-refractivity contribution in [2.75, 3.05) is 30.4 Å². The molecule has 3 rings (SSSR count). The maximum Gasteiger partial charge on any atom is 0.238 e. The number of benzene rings is 1. The Balaban J connectivity index is 1.64. The standard InChI is InChI=1S/C20H28N4O3S/c1-14-6-5-7-17(10-14)21-20(25)12-23(4)11-19-15(2)22-24(16(19)3)18-8-9-28(26,27)13-18/h5-7,10,18H,8-9,11-13H2,1-4H3,(H,21,25)/t18-/m1/s1. The minimum atomic E-state index is -2.96. The third-order valence-corrected chi connectivity index (χ3v) is 6.92. The molecule has 0 spiro atoms. The first-order valence-corrected chi connectivity index (χ1v) is 11.3. The number of nitrogens with zero attached hydrogens (tertiary/aromatic N) is 3. The van der Waals surface area contributed by atoms with Gasteiger partial charge in [-0.2, -0.15) is 5.10 Å². The molecule has 2 aromatic rings. The highest BCUT2D eigenvalue weighted by molar-refractivity contribution is 7.91. The van der Waals surface area contributed by atoms with E-state index in [4.69, 9.17) is 0 Å². The third kappa shape index (κ3) is 4.80. The van der Waals surface area contributed by atoms with Gasteiger partial charge in [0.25, 0.3) is 0 Å². The van der Waals surface area contributed by atoms with E-state index < -0.39 is 9.84 Å². The van der Waals surface area contributed by atoms with E-state index in [0.717, 1.165) is 28.2 Å². The number of anilines is 1. The van der Waals surface area contributed by atoms with Gasteiger partial charge in [0.1, 0.15) is 0 Å². The van der Waals surface area contributed by atoms with Gasteiger partial charge in [0.2, 0.25) is 5.91 Å². The summed E-state index contributed by atoms with van der Waals surface area (Å²) in [5, 5.41) is 7.51. The minimum absolute atomic E-state index is 0.0716. The van der Waals surface area contributed by atoms with E-state index in [-0.39, 0.29) is 30.0 Å². The van der Waals surface area contributed by atoms with E-state index >= 15 is 0 Å². The second-order valence-corrected chi connectivity index (χ2v) is 9.97. The Kier molecular flexibility index (Phi) is 5.90. The van der Waals surface area contributed by atoms with E-state index in [1.54, 1.807) is 0 Å². The van der Waals surface area contributed by atoms with Crippen molar-refractivity contribution in [1.29, 1.82) is 0 Å². The van der Waals surface area contributed by atoms with Crippen LogP contribution in [0.5, 0.6) is 0 Å². The molecule has 8 heteroatoms. The molecule has 152 valence electrons. The van der Waals surface area contributed by atoms with Crippen LogP contribution in [0.25, 0.3) is 0 Å². The Bertz CT molecular complexity index is 981. The van der Waals surface area contributed by atoms with Crippen molar-refractivity contribution in [3.8, 4) is 0 Å². The smallest absolute Gasteiger partial charge is 0.238 e. The molecule has 1 saturated heterocycles. The molecule has 1 fully saturated rings. The van der Waals surface area contributed by atoms with Crippen molar-refractivity contribution in [2.45, 2.75) is 39.8 Å². The zero-order chi connectivity index (χ0) is 20.5. The van der Waals surface area contributed by atoms with Crippen molar-refractivity contribution in [3.63, 3.8) is 0 Å². The van der Waals surface area contributed by atoms with Crippen molar-refractivity contribution in [2.24, 2.45) is 0 Å². The van der Waals surface area contributed by atoms with Crippen LogP contribution >= 0.6 is 0 Å². The predicted molar refractivity (Wildman–Crippen MR) is 110 cm³/mol. The number of carbonyl (C=O) groups excluding carboxylic acids is 1. The number of sulfone groups is 1. The third-order valence-electron chi connectivity index (χ3n) is 5.17. The lowest BCUT2D eigenvalue weighted by Crippen LogP contribution is -2.30. The second-order valence-electron chi connectivity index (χ2n) is 7.74. The van der Waals surface area contributed by atoms with E-state index in [1.807, 2.05) is 61.7 Å². The molecule has 1 aliphatic heterocycles. The fourth-order valence-corrected chi connectivity index (χ4v) is 5.44. The highest BCUT2D eigenvalue weighted by atomic mass is 32.2. The molecule has 1 amide bonds. The lowest BCUT2D eigenvalue weighted by atomic mass is 10.1. The summed E-state index contributed by atoms with van der Waals surface area (Å²) >= 11 is 0. The summed E-state index contributed by atoms with van der Waals surface area (Å²) < 4.78 is 25.4. The van der Waals surface area contributed by atoms with E-state index in [9.17, 15) is 13.2 Å². The summed E-state index contributed by atoms with van der Waals surface area (Å²) in [5.74, 6) is 0.311. The Morgan fingerprint density at radius 2 is 2.07 bits per heavy atom. The highest BCUT2D eigenvalue weighted by Gasteiger charge is 2.31. The van der Waals surface area contributed by atoms with Crippen molar-refractivity contribution in [3.05, 3.63) is 46.8 Å². The zero-order valence-corrected chi connectivity index (χ0v) is 17.7. The number of amides is 1. The summed E-state index contributed by atoms with van der Waals surface area (Å²) in [6, 6.07) is 7.62. The molecule has 0 radical (unpaired) electrons. The van der Waals surface area contributed by atoms with Crippen molar-refractivity contribution >= 4 is 21.4 Å². The lowest BCUT2D eigenvalue weighted by Gasteiger charge is -2.17. The van der Waals surface area contributed by atoms with Gasteiger partial charge in [0.05, 0.1) is 29.8 Å². The topological polar surface area (TPSA) is 84.3 Å². The van der Waals surface area contributed by atoms with Gasteiger partial charge in [-0.15, -0.1) is 0 Å². The maximum absolute atomic E-state index is 12.3. The van der Waals surface area contributed by atoms with Crippen molar-refractivity contribution < 1.29 is 13.2 Å². The first-order valence-electron chi connectivity index (χ1n) is 9.44. The van der Waals surface area contributed by atoms with Gasteiger partial charge in [0, 0.05) is 23.5 Å². The lowest BCUT2D eigenvalue weighted by molar-refractivity contribution is -0.117. The summed E-state index contributed by atoms with van der Waals surface area (Å²) in [6.45, 7) is 6.73. The average molecular weight is 405 g/mol. The minimum Gasteiger partial charge on any atom is -0.325 e. The number of aryl methyl sites for hydroxylation is 2. The van der Waals surface area contributed by atoms with E-state index in [2.05, 4.69) is 10.4 Å². The molecule has 1 N–H and O–H groups in total. The SMILES string of the molecule is Cc1cccc(NC(=O)CN(C)Cc2c(C)nn([C@@H]3CCS(=O)(=O)C3)c2C)c1. The van der Waals surface area contributed by atoms with Gasteiger partial charge >= 0.3 is 0 Å². The second kappa shape index (κ2) is 8.05. The largest absolute Gasteiger partial charge is 0.325 e. The molecule has 0 unspecified atom stereocenters. The van der Waals surface area contributed by atoms with Crippen LogP contribution in [-0.4, -0.2) is 54.1 Å². The number of aromatic nitrogens is 2. The van der Waals surface area contributed by atoms with Crippen LogP contribution in [-0.2, 0) is 21.2 Å². The molecule has 1 atom stereocenters. The molecule has 7 nitrogen and oxygen atoms in total. The molecular formula is C20H28N4O3S. The normalized spacial score (nSPS) is 18.5. The molecule has 1 aromatic heterocycles. The van der Waals surface area contributed by atoms with Gasteiger partial charge in [-0.1, -0.05) is 12.1 Å². The molecule has 0 aliphatic carbocycles. The monoisotopic (exact) mass is 404 g/mol. The predicted octanol–water partition coefficient (Wildman–Crippen LogP) is 2.24. The quantitative estimate of drug-likeness (QED) is 0.798. The maximum atomic E-state index is 12.3. The molecule has 2 heterocycles. The number of hydrogen-bond acceptors (Lipinski definition) is 5. The fraction of sp³-hybridized carbons (Fsp3) is 0.500.